The first-order chi connectivity index (χ1) is 13.7. The SMILES string of the molecule is CN1CCN(c2cc(CNC(=O)C=Cc3nc4ccccc4o3)ccn2)CC1. The lowest BCUT2D eigenvalue weighted by Gasteiger charge is -2.33. The maximum absolute atomic E-state index is 12.1. The van der Waals surface area contributed by atoms with Gasteiger partial charge in [-0.3, -0.25) is 4.79 Å². The molecule has 1 amide bonds. The number of pyridine rings is 1. The van der Waals surface area contributed by atoms with Crippen molar-refractivity contribution in [3.63, 3.8) is 0 Å². The Morgan fingerprint density at radius 3 is 2.86 bits per heavy atom. The van der Waals surface area contributed by atoms with E-state index in [1.807, 2.05) is 36.4 Å². The van der Waals surface area contributed by atoms with Crippen molar-refractivity contribution < 1.29 is 9.21 Å². The van der Waals surface area contributed by atoms with Crippen LogP contribution in [0.3, 0.4) is 0 Å². The third-order valence-corrected chi connectivity index (χ3v) is 4.79. The van der Waals surface area contributed by atoms with E-state index in [1.54, 1.807) is 12.3 Å². The van der Waals surface area contributed by atoms with Crippen LogP contribution in [0.25, 0.3) is 17.2 Å². The minimum Gasteiger partial charge on any atom is -0.437 e. The summed E-state index contributed by atoms with van der Waals surface area (Å²) in [7, 11) is 2.13. The van der Waals surface area contributed by atoms with Crippen LogP contribution < -0.4 is 10.2 Å². The van der Waals surface area contributed by atoms with Crippen LogP contribution in [0.1, 0.15) is 11.5 Å². The fraction of sp³-hybridized carbons (Fsp3) is 0.286. The number of hydrogen-bond donors (Lipinski definition) is 1. The van der Waals surface area contributed by atoms with Crippen molar-refractivity contribution in [3.8, 4) is 0 Å². The van der Waals surface area contributed by atoms with E-state index in [4.69, 9.17) is 4.42 Å². The van der Waals surface area contributed by atoms with Gasteiger partial charge in [-0.05, 0) is 36.9 Å². The fourth-order valence-electron chi connectivity index (χ4n) is 3.14. The molecular formula is C21H23N5O2. The van der Waals surface area contributed by atoms with E-state index in [0.29, 0.717) is 18.0 Å². The van der Waals surface area contributed by atoms with Crippen molar-refractivity contribution in [1.82, 2.24) is 20.2 Å². The highest BCUT2D eigenvalue weighted by molar-refractivity contribution is 5.91. The Kier molecular flexibility index (Phi) is 5.34. The van der Waals surface area contributed by atoms with Gasteiger partial charge in [0.25, 0.3) is 0 Å². The summed E-state index contributed by atoms with van der Waals surface area (Å²) in [5.41, 5.74) is 2.50. The van der Waals surface area contributed by atoms with E-state index in [9.17, 15) is 4.79 Å². The molecular weight excluding hydrogens is 354 g/mol. The molecule has 3 aromatic rings. The Morgan fingerprint density at radius 1 is 1.21 bits per heavy atom. The Hall–Kier alpha value is -3.19. The molecule has 7 heteroatoms. The zero-order valence-electron chi connectivity index (χ0n) is 15.8. The molecule has 0 unspecified atom stereocenters. The number of benzene rings is 1. The molecule has 1 aromatic carbocycles. The number of nitrogens with one attached hydrogen (secondary N) is 1. The van der Waals surface area contributed by atoms with E-state index < -0.39 is 0 Å². The summed E-state index contributed by atoms with van der Waals surface area (Å²) in [6, 6.07) is 11.5. The number of hydrogen-bond acceptors (Lipinski definition) is 6. The number of piperazine rings is 1. The van der Waals surface area contributed by atoms with Gasteiger partial charge in [0.2, 0.25) is 11.8 Å². The molecule has 0 aliphatic carbocycles. The van der Waals surface area contributed by atoms with E-state index in [-0.39, 0.29) is 5.91 Å². The van der Waals surface area contributed by atoms with E-state index >= 15 is 0 Å². The second kappa shape index (κ2) is 8.22. The third-order valence-electron chi connectivity index (χ3n) is 4.79. The molecule has 0 saturated carbocycles. The summed E-state index contributed by atoms with van der Waals surface area (Å²) in [5.74, 6) is 1.18. The summed E-state index contributed by atoms with van der Waals surface area (Å²) >= 11 is 0. The average molecular weight is 377 g/mol. The number of anilines is 1. The normalized spacial score (nSPS) is 15.4. The minimum atomic E-state index is -0.194. The molecule has 0 spiro atoms. The topological polar surface area (TPSA) is 74.5 Å². The number of oxazole rings is 1. The van der Waals surface area contributed by atoms with Gasteiger partial charge >= 0.3 is 0 Å². The molecule has 4 rings (SSSR count). The summed E-state index contributed by atoms with van der Waals surface area (Å²) in [4.78, 5) is 25.5. The summed E-state index contributed by atoms with van der Waals surface area (Å²) in [6.07, 6.45) is 4.81. The highest BCUT2D eigenvalue weighted by Gasteiger charge is 2.15. The smallest absolute Gasteiger partial charge is 0.244 e. The molecule has 1 aliphatic rings. The number of amides is 1. The van der Waals surface area contributed by atoms with Crippen molar-refractivity contribution >= 4 is 28.9 Å². The van der Waals surface area contributed by atoms with Crippen LogP contribution in [0, 0.1) is 0 Å². The third kappa shape index (κ3) is 4.37. The van der Waals surface area contributed by atoms with E-state index in [1.165, 1.54) is 6.08 Å². The molecule has 0 atom stereocenters. The monoisotopic (exact) mass is 377 g/mol. The van der Waals surface area contributed by atoms with Crippen LogP contribution >= 0.6 is 0 Å². The fourth-order valence-corrected chi connectivity index (χ4v) is 3.14. The standard InChI is InChI=1S/C21H23N5O2/c1-25-10-12-26(13-11-25)19-14-16(8-9-22-19)15-23-20(27)6-7-21-24-17-4-2-3-5-18(17)28-21/h2-9,14H,10-13,15H2,1H3,(H,23,27). The Labute approximate surface area is 163 Å². The highest BCUT2D eigenvalue weighted by Crippen LogP contribution is 2.16. The number of rotatable bonds is 5. The van der Waals surface area contributed by atoms with Crippen molar-refractivity contribution in [2.24, 2.45) is 0 Å². The van der Waals surface area contributed by atoms with Gasteiger partial charge in [-0.2, -0.15) is 0 Å². The first-order valence-corrected chi connectivity index (χ1v) is 9.37. The molecule has 1 aliphatic heterocycles. The summed E-state index contributed by atoms with van der Waals surface area (Å²) in [6.45, 7) is 4.44. The largest absolute Gasteiger partial charge is 0.437 e. The predicted octanol–water partition coefficient (Wildman–Crippen LogP) is 2.30. The lowest BCUT2D eigenvalue weighted by molar-refractivity contribution is -0.116. The lowest BCUT2D eigenvalue weighted by atomic mass is 10.2. The average Bonchev–Trinajstić information content (AvgIpc) is 3.14. The molecule has 2 aromatic heterocycles. The Balaban J connectivity index is 1.33. The number of carbonyl (C=O) groups is 1. The highest BCUT2D eigenvalue weighted by atomic mass is 16.3. The van der Waals surface area contributed by atoms with Crippen molar-refractivity contribution in [1.29, 1.82) is 0 Å². The number of carbonyl (C=O) groups excluding carboxylic acids is 1. The molecule has 144 valence electrons. The lowest BCUT2D eigenvalue weighted by Crippen LogP contribution is -2.44. The van der Waals surface area contributed by atoms with Crippen LogP contribution in [0.4, 0.5) is 5.82 Å². The molecule has 1 fully saturated rings. The Morgan fingerprint density at radius 2 is 2.04 bits per heavy atom. The zero-order valence-corrected chi connectivity index (χ0v) is 15.8. The minimum absolute atomic E-state index is 0.194. The Bertz CT molecular complexity index is 956. The van der Waals surface area contributed by atoms with Crippen LogP contribution in [-0.2, 0) is 11.3 Å². The molecule has 3 heterocycles. The maximum Gasteiger partial charge on any atom is 0.244 e. The van der Waals surface area contributed by atoms with Crippen LogP contribution in [0.2, 0.25) is 0 Å². The molecule has 1 saturated heterocycles. The van der Waals surface area contributed by atoms with Crippen molar-refractivity contribution in [2.45, 2.75) is 6.54 Å². The second-order valence-corrected chi connectivity index (χ2v) is 6.88. The zero-order chi connectivity index (χ0) is 19.3. The molecule has 1 N–H and O–H groups in total. The van der Waals surface area contributed by atoms with Gasteiger partial charge in [-0.1, -0.05) is 12.1 Å². The first-order valence-electron chi connectivity index (χ1n) is 9.37. The molecule has 7 nitrogen and oxygen atoms in total. The van der Waals surface area contributed by atoms with E-state index in [2.05, 4.69) is 32.1 Å². The van der Waals surface area contributed by atoms with Gasteiger partial charge in [-0.15, -0.1) is 0 Å². The number of fused-ring (bicyclic) bond motifs is 1. The van der Waals surface area contributed by atoms with Gasteiger partial charge in [-0.25, -0.2) is 9.97 Å². The van der Waals surface area contributed by atoms with Gasteiger partial charge in [0.05, 0.1) is 0 Å². The van der Waals surface area contributed by atoms with Crippen LogP contribution in [-0.4, -0.2) is 54.0 Å². The first kappa shape index (κ1) is 18.2. The molecule has 0 bridgehead atoms. The maximum atomic E-state index is 12.1. The predicted molar refractivity (Wildman–Crippen MR) is 109 cm³/mol. The second-order valence-electron chi connectivity index (χ2n) is 6.88. The van der Waals surface area contributed by atoms with Crippen molar-refractivity contribution in [2.75, 3.05) is 38.1 Å². The van der Waals surface area contributed by atoms with Gasteiger partial charge in [0.1, 0.15) is 11.3 Å². The number of para-hydroxylation sites is 2. The van der Waals surface area contributed by atoms with Crippen LogP contribution in [0.5, 0.6) is 0 Å². The van der Waals surface area contributed by atoms with Gasteiger partial charge in [0.15, 0.2) is 5.58 Å². The van der Waals surface area contributed by atoms with Gasteiger partial charge in [0, 0.05) is 51.1 Å². The number of aromatic nitrogens is 2. The van der Waals surface area contributed by atoms with Crippen molar-refractivity contribution in [3.05, 3.63) is 60.1 Å². The quantitative estimate of drug-likeness (QED) is 0.688. The molecule has 0 radical (unpaired) electrons. The number of likely N-dealkylation sites (N-methyl/N-ethyl adjacent to an activating group) is 1. The summed E-state index contributed by atoms with van der Waals surface area (Å²) in [5, 5.41) is 2.89. The summed E-state index contributed by atoms with van der Waals surface area (Å²) < 4.78 is 5.58. The molecule has 28 heavy (non-hydrogen) atoms. The van der Waals surface area contributed by atoms with E-state index in [0.717, 1.165) is 43.1 Å². The van der Waals surface area contributed by atoms with Crippen LogP contribution in [0.15, 0.2) is 53.1 Å². The van der Waals surface area contributed by atoms with Gasteiger partial charge < -0.3 is 19.5 Å². The number of nitrogens with zero attached hydrogens (tertiary/aromatic N) is 4.